The van der Waals surface area contributed by atoms with Crippen LogP contribution in [0, 0.1) is 0 Å². The van der Waals surface area contributed by atoms with Gasteiger partial charge in [0.2, 0.25) is 0 Å². The Labute approximate surface area is 132 Å². The lowest BCUT2D eigenvalue weighted by molar-refractivity contribution is 0.563. The molecule has 7 heteroatoms. The van der Waals surface area contributed by atoms with Crippen LogP contribution in [0.5, 0.6) is 0 Å². The molecule has 0 radical (unpaired) electrons. The first-order valence-corrected chi connectivity index (χ1v) is 7.46. The van der Waals surface area contributed by atoms with Crippen LogP contribution in [0.15, 0.2) is 24.5 Å². The number of nitrogens with zero attached hydrogens (tertiary/aromatic N) is 5. The van der Waals surface area contributed by atoms with E-state index >= 15 is 0 Å². The van der Waals surface area contributed by atoms with Crippen LogP contribution in [0.1, 0.15) is 36.9 Å². The Balaban J connectivity index is 2.26. The van der Waals surface area contributed by atoms with Crippen LogP contribution < -0.4 is 0 Å². The molecule has 0 aliphatic rings. The normalized spacial score (nSPS) is 14.5. The van der Waals surface area contributed by atoms with Crippen molar-refractivity contribution in [3.63, 3.8) is 0 Å². The van der Waals surface area contributed by atoms with Crippen LogP contribution in [0.4, 0.5) is 0 Å². The second-order valence-corrected chi connectivity index (χ2v) is 6.16. The number of aromatic nitrogens is 5. The molecule has 2 aromatic heterocycles. The molecule has 1 aromatic carbocycles. The SMILES string of the molecule is CC(Cl)c1nc2ccc(Cl)cc2n1C(C)c1nncn1C. The molecule has 0 spiro atoms. The summed E-state index contributed by atoms with van der Waals surface area (Å²) in [5, 5.41) is 8.59. The first-order valence-electron chi connectivity index (χ1n) is 6.64. The van der Waals surface area contributed by atoms with Crippen molar-refractivity contribution in [3.8, 4) is 0 Å². The van der Waals surface area contributed by atoms with Gasteiger partial charge in [-0.25, -0.2) is 4.98 Å². The lowest BCUT2D eigenvalue weighted by Gasteiger charge is -2.17. The highest BCUT2D eigenvalue weighted by Gasteiger charge is 2.22. The van der Waals surface area contributed by atoms with E-state index in [0.29, 0.717) is 5.02 Å². The lowest BCUT2D eigenvalue weighted by atomic mass is 10.2. The largest absolute Gasteiger partial charge is 0.319 e. The Hall–Kier alpha value is -1.59. The zero-order valence-corrected chi connectivity index (χ0v) is 13.5. The maximum Gasteiger partial charge on any atom is 0.155 e. The summed E-state index contributed by atoms with van der Waals surface area (Å²) < 4.78 is 3.96. The van der Waals surface area contributed by atoms with Gasteiger partial charge in [0.1, 0.15) is 12.2 Å². The highest BCUT2D eigenvalue weighted by Crippen LogP contribution is 2.31. The van der Waals surface area contributed by atoms with E-state index in [1.165, 1.54) is 0 Å². The van der Waals surface area contributed by atoms with E-state index in [9.17, 15) is 0 Å². The maximum absolute atomic E-state index is 6.31. The zero-order chi connectivity index (χ0) is 15.1. The van der Waals surface area contributed by atoms with Gasteiger partial charge in [0.05, 0.1) is 22.5 Å². The van der Waals surface area contributed by atoms with Gasteiger partial charge >= 0.3 is 0 Å². The molecule has 0 saturated heterocycles. The summed E-state index contributed by atoms with van der Waals surface area (Å²) in [7, 11) is 1.92. The van der Waals surface area contributed by atoms with Gasteiger partial charge in [0.15, 0.2) is 5.82 Å². The molecular weight excluding hydrogens is 309 g/mol. The van der Waals surface area contributed by atoms with Gasteiger partial charge in [0.25, 0.3) is 0 Å². The van der Waals surface area contributed by atoms with E-state index in [2.05, 4.69) is 26.7 Å². The molecule has 0 N–H and O–H groups in total. The number of benzene rings is 1. The van der Waals surface area contributed by atoms with Crippen molar-refractivity contribution in [2.45, 2.75) is 25.3 Å². The smallest absolute Gasteiger partial charge is 0.155 e. The zero-order valence-electron chi connectivity index (χ0n) is 12.0. The van der Waals surface area contributed by atoms with Gasteiger partial charge in [-0.2, -0.15) is 0 Å². The highest BCUT2D eigenvalue weighted by molar-refractivity contribution is 6.31. The quantitative estimate of drug-likeness (QED) is 0.690. The number of alkyl halides is 1. The van der Waals surface area contributed by atoms with Crippen LogP contribution >= 0.6 is 23.2 Å². The van der Waals surface area contributed by atoms with Gasteiger partial charge in [-0.1, -0.05) is 11.6 Å². The fraction of sp³-hybridized carbons (Fsp3) is 0.357. The highest BCUT2D eigenvalue weighted by atomic mass is 35.5. The van der Waals surface area contributed by atoms with Crippen molar-refractivity contribution >= 4 is 34.2 Å². The Morgan fingerprint density at radius 3 is 2.57 bits per heavy atom. The van der Waals surface area contributed by atoms with Crippen LogP contribution in [0.25, 0.3) is 11.0 Å². The summed E-state index contributed by atoms with van der Waals surface area (Å²) in [6, 6.07) is 5.59. The second kappa shape index (κ2) is 5.31. The second-order valence-electron chi connectivity index (χ2n) is 5.07. The first-order chi connectivity index (χ1) is 9.99. The van der Waals surface area contributed by atoms with Gasteiger partial charge in [-0.05, 0) is 32.0 Å². The van der Waals surface area contributed by atoms with E-state index in [-0.39, 0.29) is 11.4 Å². The molecule has 3 aromatic rings. The molecule has 2 unspecified atom stereocenters. The molecule has 5 nitrogen and oxygen atoms in total. The minimum Gasteiger partial charge on any atom is -0.319 e. The number of hydrogen-bond acceptors (Lipinski definition) is 3. The van der Waals surface area contributed by atoms with E-state index in [1.807, 2.05) is 36.7 Å². The summed E-state index contributed by atoms with van der Waals surface area (Å²) in [4.78, 5) is 4.63. The number of imidazole rings is 1. The van der Waals surface area contributed by atoms with Gasteiger partial charge in [-0.15, -0.1) is 21.8 Å². The van der Waals surface area contributed by atoms with Crippen molar-refractivity contribution < 1.29 is 0 Å². The van der Waals surface area contributed by atoms with Crippen molar-refractivity contribution in [1.82, 2.24) is 24.3 Å². The Kier molecular flexibility index (Phi) is 3.63. The van der Waals surface area contributed by atoms with Crippen LogP contribution in [-0.4, -0.2) is 24.3 Å². The van der Waals surface area contributed by atoms with Crippen molar-refractivity contribution in [2.24, 2.45) is 7.05 Å². The van der Waals surface area contributed by atoms with Gasteiger partial charge in [-0.3, -0.25) is 0 Å². The molecule has 110 valence electrons. The van der Waals surface area contributed by atoms with Gasteiger partial charge < -0.3 is 9.13 Å². The van der Waals surface area contributed by atoms with Crippen molar-refractivity contribution in [3.05, 3.63) is 41.2 Å². The monoisotopic (exact) mass is 323 g/mol. The van der Waals surface area contributed by atoms with Gasteiger partial charge in [0, 0.05) is 12.1 Å². The molecule has 0 aliphatic carbocycles. The molecule has 3 rings (SSSR count). The molecular formula is C14H15Cl2N5. The molecule has 2 atom stereocenters. The third-order valence-electron chi connectivity index (χ3n) is 3.54. The lowest BCUT2D eigenvalue weighted by Crippen LogP contribution is -2.15. The fourth-order valence-corrected chi connectivity index (χ4v) is 2.88. The Morgan fingerprint density at radius 1 is 1.19 bits per heavy atom. The fourth-order valence-electron chi connectivity index (χ4n) is 2.56. The number of fused-ring (bicyclic) bond motifs is 1. The van der Waals surface area contributed by atoms with Crippen LogP contribution in [-0.2, 0) is 7.05 Å². The molecule has 0 aliphatic heterocycles. The summed E-state index contributed by atoms with van der Waals surface area (Å²) in [6.45, 7) is 3.96. The molecule has 21 heavy (non-hydrogen) atoms. The van der Waals surface area contributed by atoms with Crippen LogP contribution in [0.3, 0.4) is 0 Å². The van der Waals surface area contributed by atoms with E-state index < -0.39 is 0 Å². The third-order valence-corrected chi connectivity index (χ3v) is 3.97. The molecule has 0 saturated carbocycles. The molecule has 0 fully saturated rings. The predicted octanol–water partition coefficient (Wildman–Crippen LogP) is 3.73. The average Bonchev–Trinajstić information content (AvgIpc) is 3.01. The minimum atomic E-state index is -0.216. The summed E-state index contributed by atoms with van der Waals surface area (Å²) in [5.41, 5.74) is 1.82. The average molecular weight is 324 g/mol. The molecule has 0 amide bonds. The van der Waals surface area contributed by atoms with Crippen molar-refractivity contribution in [1.29, 1.82) is 0 Å². The minimum absolute atomic E-state index is 0.0443. The summed E-state index contributed by atoms with van der Waals surface area (Å²) >= 11 is 12.4. The molecule has 2 heterocycles. The summed E-state index contributed by atoms with van der Waals surface area (Å²) in [6.07, 6.45) is 1.68. The van der Waals surface area contributed by atoms with E-state index in [4.69, 9.17) is 23.2 Å². The predicted molar refractivity (Wildman–Crippen MR) is 83.8 cm³/mol. The number of aryl methyl sites for hydroxylation is 1. The first kappa shape index (κ1) is 14.4. The standard InChI is InChI=1S/C14H15Cl2N5/c1-8(15)13-18-11-5-4-10(16)6-12(11)21(13)9(2)14-19-17-7-20(14)3/h4-9H,1-3H3. The Bertz CT molecular complexity index is 790. The van der Waals surface area contributed by atoms with Crippen molar-refractivity contribution in [2.75, 3.05) is 0 Å². The summed E-state index contributed by atoms with van der Waals surface area (Å²) in [5.74, 6) is 1.64. The number of halogens is 2. The number of hydrogen-bond donors (Lipinski definition) is 0. The molecule has 0 bridgehead atoms. The topological polar surface area (TPSA) is 48.5 Å². The van der Waals surface area contributed by atoms with E-state index in [0.717, 1.165) is 22.7 Å². The van der Waals surface area contributed by atoms with E-state index in [1.54, 1.807) is 6.33 Å². The maximum atomic E-state index is 6.31. The van der Waals surface area contributed by atoms with Crippen LogP contribution in [0.2, 0.25) is 5.02 Å². The Morgan fingerprint density at radius 2 is 1.95 bits per heavy atom. The third kappa shape index (κ3) is 2.40. The number of rotatable bonds is 3.